The van der Waals surface area contributed by atoms with Gasteiger partial charge in [-0.3, -0.25) is 9.59 Å². The van der Waals surface area contributed by atoms with Crippen molar-refractivity contribution in [2.75, 3.05) is 7.11 Å². The number of nitrogens with zero attached hydrogens (tertiary/aromatic N) is 1. The molecule has 0 bridgehead atoms. The lowest BCUT2D eigenvalue weighted by atomic mass is 9.98. The highest BCUT2D eigenvalue weighted by Gasteiger charge is 2.43. The van der Waals surface area contributed by atoms with E-state index in [4.69, 9.17) is 20.8 Å². The van der Waals surface area contributed by atoms with E-state index < -0.39 is 11.9 Å². The number of hydrogen-bond acceptors (Lipinski definition) is 5. The minimum atomic E-state index is -0.732. The number of rotatable bonds is 4. The molecule has 0 saturated heterocycles. The molecular weight excluding hydrogens is 430 g/mol. The lowest BCUT2D eigenvalue weighted by molar-refractivity contribution is 0.0714. The van der Waals surface area contributed by atoms with Crippen LogP contribution in [0.3, 0.4) is 0 Å². The van der Waals surface area contributed by atoms with E-state index in [9.17, 15) is 14.7 Å². The van der Waals surface area contributed by atoms with Gasteiger partial charge in [-0.1, -0.05) is 48.0 Å². The molecule has 0 aliphatic carbocycles. The van der Waals surface area contributed by atoms with E-state index in [1.54, 1.807) is 47.4 Å². The highest BCUT2D eigenvalue weighted by Crippen LogP contribution is 2.41. The molecule has 0 spiro atoms. The molecule has 1 aliphatic heterocycles. The maximum Gasteiger partial charge on any atom is 0.291 e. The summed E-state index contributed by atoms with van der Waals surface area (Å²) in [4.78, 5) is 28.5. The summed E-state index contributed by atoms with van der Waals surface area (Å²) in [5.41, 5.74) is 1.69. The fraction of sp³-hybridized carbons (Fsp3) is 0.120. The van der Waals surface area contributed by atoms with Crippen molar-refractivity contribution in [3.05, 3.63) is 104 Å². The van der Waals surface area contributed by atoms with Crippen molar-refractivity contribution in [3.8, 4) is 11.5 Å². The van der Waals surface area contributed by atoms with E-state index in [2.05, 4.69) is 0 Å². The number of halogens is 1. The zero-order valence-corrected chi connectivity index (χ0v) is 17.8. The summed E-state index contributed by atoms with van der Waals surface area (Å²) >= 11 is 6.36. The number of fused-ring (bicyclic) bond motifs is 2. The molecule has 1 aliphatic rings. The molecular formula is C25H18ClNO5. The largest absolute Gasteiger partial charge is 0.504 e. The first-order valence-electron chi connectivity index (χ1n) is 9.96. The topological polar surface area (TPSA) is 80.0 Å². The highest BCUT2D eigenvalue weighted by atomic mass is 35.5. The van der Waals surface area contributed by atoms with Crippen molar-refractivity contribution in [1.29, 1.82) is 0 Å². The summed E-state index contributed by atoms with van der Waals surface area (Å²) in [5, 5.41) is 11.0. The Labute approximate surface area is 188 Å². The Morgan fingerprint density at radius 1 is 1.06 bits per heavy atom. The Bertz CT molecular complexity index is 1430. The number of carbonyl (C=O) groups excluding carboxylic acids is 1. The quantitative estimate of drug-likeness (QED) is 0.481. The second-order valence-corrected chi connectivity index (χ2v) is 7.94. The van der Waals surface area contributed by atoms with E-state index in [-0.39, 0.29) is 34.8 Å². The Morgan fingerprint density at radius 2 is 1.81 bits per heavy atom. The second kappa shape index (κ2) is 7.73. The van der Waals surface area contributed by atoms with Gasteiger partial charge in [-0.25, -0.2) is 0 Å². The Hall–Kier alpha value is -3.77. The van der Waals surface area contributed by atoms with Gasteiger partial charge < -0.3 is 19.2 Å². The zero-order valence-electron chi connectivity index (χ0n) is 17.0. The second-order valence-electron chi connectivity index (χ2n) is 7.53. The molecule has 6 nitrogen and oxygen atoms in total. The molecule has 0 fully saturated rings. The fourth-order valence-electron chi connectivity index (χ4n) is 4.15. The predicted molar refractivity (Wildman–Crippen MR) is 120 cm³/mol. The fourth-order valence-corrected chi connectivity index (χ4v) is 4.35. The number of ether oxygens (including phenoxy) is 1. The Balaban J connectivity index is 1.75. The molecule has 1 unspecified atom stereocenters. The SMILES string of the molecule is COc1cc(C2c3c(oc4ccccc4c3=O)C(=O)N2Cc2ccccc2Cl)ccc1O. The minimum absolute atomic E-state index is 0.0118. The summed E-state index contributed by atoms with van der Waals surface area (Å²) in [6, 6.07) is 18.1. The van der Waals surface area contributed by atoms with Crippen LogP contribution in [0, 0.1) is 0 Å². The maximum absolute atomic E-state index is 13.5. The van der Waals surface area contributed by atoms with Crippen molar-refractivity contribution >= 4 is 28.5 Å². The maximum atomic E-state index is 13.5. The van der Waals surface area contributed by atoms with Crippen molar-refractivity contribution < 1.29 is 19.1 Å². The minimum Gasteiger partial charge on any atom is -0.504 e. The number of hydrogen-bond donors (Lipinski definition) is 1. The van der Waals surface area contributed by atoms with Crippen molar-refractivity contribution in [1.82, 2.24) is 4.90 Å². The summed E-state index contributed by atoms with van der Waals surface area (Å²) in [6.07, 6.45) is 0. The number of benzene rings is 3. The molecule has 1 amide bonds. The third kappa shape index (κ3) is 3.11. The summed E-state index contributed by atoms with van der Waals surface area (Å²) < 4.78 is 11.2. The van der Waals surface area contributed by atoms with Gasteiger partial charge in [0.25, 0.3) is 5.91 Å². The normalized spacial score (nSPS) is 15.2. The van der Waals surface area contributed by atoms with Crippen LogP contribution in [0.1, 0.15) is 33.3 Å². The van der Waals surface area contributed by atoms with E-state index in [1.165, 1.54) is 13.2 Å². The average molecular weight is 448 g/mol. The molecule has 2 heterocycles. The van der Waals surface area contributed by atoms with Crippen LogP contribution >= 0.6 is 11.6 Å². The van der Waals surface area contributed by atoms with Gasteiger partial charge in [0.05, 0.1) is 24.1 Å². The van der Waals surface area contributed by atoms with Crippen LogP contribution in [0.5, 0.6) is 11.5 Å². The zero-order chi connectivity index (χ0) is 22.4. The predicted octanol–water partition coefficient (Wildman–Crippen LogP) is 4.91. The van der Waals surface area contributed by atoms with Crippen LogP contribution in [0.25, 0.3) is 11.0 Å². The van der Waals surface area contributed by atoms with Crippen molar-refractivity contribution in [3.63, 3.8) is 0 Å². The van der Waals surface area contributed by atoms with Crippen LogP contribution in [0.15, 0.2) is 75.9 Å². The molecule has 0 saturated carbocycles. The number of phenolic OH excluding ortho intramolecular Hbond substituents is 1. The first-order chi connectivity index (χ1) is 15.5. The standard InChI is InChI=1S/C25H18ClNO5/c1-31-20-12-14(10-11-18(20)28)22-21-23(29)16-7-3-5-9-19(16)32-24(21)25(30)27(22)13-15-6-2-4-8-17(15)26/h2-12,22,28H,13H2,1H3. The van der Waals surface area contributed by atoms with E-state index >= 15 is 0 Å². The summed E-state index contributed by atoms with van der Waals surface area (Å²) in [7, 11) is 1.44. The number of phenols is 1. The van der Waals surface area contributed by atoms with Crippen LogP contribution in [0.2, 0.25) is 5.02 Å². The Morgan fingerprint density at radius 3 is 2.59 bits per heavy atom. The molecule has 0 radical (unpaired) electrons. The van der Waals surface area contributed by atoms with Gasteiger partial charge in [0.2, 0.25) is 5.76 Å². The first kappa shape index (κ1) is 20.2. The van der Waals surface area contributed by atoms with Gasteiger partial charge in [-0.05, 0) is 41.5 Å². The molecule has 1 atom stereocenters. The number of aromatic hydroxyl groups is 1. The molecule has 1 aromatic heterocycles. The van der Waals surface area contributed by atoms with Gasteiger partial charge in [0, 0.05) is 11.6 Å². The number of carbonyl (C=O) groups is 1. The summed E-state index contributed by atoms with van der Waals surface area (Å²) in [6.45, 7) is 0.173. The lowest BCUT2D eigenvalue weighted by Gasteiger charge is -2.26. The van der Waals surface area contributed by atoms with E-state index in [0.717, 1.165) is 5.56 Å². The van der Waals surface area contributed by atoms with Gasteiger partial charge in [0.15, 0.2) is 16.9 Å². The molecule has 1 N–H and O–H groups in total. The molecule has 32 heavy (non-hydrogen) atoms. The molecule has 7 heteroatoms. The summed E-state index contributed by atoms with van der Waals surface area (Å²) in [5.74, 6) is -0.187. The van der Waals surface area contributed by atoms with Crippen molar-refractivity contribution in [2.45, 2.75) is 12.6 Å². The van der Waals surface area contributed by atoms with E-state index in [0.29, 0.717) is 21.6 Å². The van der Waals surface area contributed by atoms with Gasteiger partial charge in [-0.2, -0.15) is 0 Å². The third-order valence-electron chi connectivity index (χ3n) is 5.69. The highest BCUT2D eigenvalue weighted by molar-refractivity contribution is 6.31. The first-order valence-corrected chi connectivity index (χ1v) is 10.3. The van der Waals surface area contributed by atoms with Gasteiger partial charge in [-0.15, -0.1) is 0 Å². The Kier molecular flexibility index (Phi) is 4.87. The van der Waals surface area contributed by atoms with Crippen LogP contribution in [-0.2, 0) is 6.54 Å². The van der Waals surface area contributed by atoms with Crippen LogP contribution < -0.4 is 10.2 Å². The van der Waals surface area contributed by atoms with Gasteiger partial charge >= 0.3 is 0 Å². The molecule has 5 rings (SSSR count). The molecule has 4 aromatic rings. The van der Waals surface area contributed by atoms with Crippen LogP contribution in [-0.4, -0.2) is 23.0 Å². The number of methoxy groups -OCH3 is 1. The van der Waals surface area contributed by atoms with Crippen LogP contribution in [0.4, 0.5) is 0 Å². The molecule has 160 valence electrons. The third-order valence-corrected chi connectivity index (χ3v) is 6.06. The van der Waals surface area contributed by atoms with Crippen molar-refractivity contribution in [2.24, 2.45) is 0 Å². The smallest absolute Gasteiger partial charge is 0.291 e. The average Bonchev–Trinajstić information content (AvgIpc) is 3.08. The van der Waals surface area contributed by atoms with Gasteiger partial charge in [0.1, 0.15) is 5.58 Å². The lowest BCUT2D eigenvalue weighted by Crippen LogP contribution is -2.29. The number of para-hydroxylation sites is 1. The monoisotopic (exact) mass is 447 g/mol. The van der Waals surface area contributed by atoms with E-state index in [1.807, 2.05) is 18.2 Å². The number of amides is 1. The molecule has 3 aromatic carbocycles.